The molecule has 0 saturated carbocycles. The Balaban J connectivity index is 1.67. The first-order valence-electron chi connectivity index (χ1n) is 10.5. The largest absolute Gasteiger partial charge is 0.449 e. The highest BCUT2D eigenvalue weighted by Gasteiger charge is 2.21. The molecule has 4 aromatic rings. The van der Waals surface area contributed by atoms with E-state index in [9.17, 15) is 9.18 Å². The first-order chi connectivity index (χ1) is 16.1. The maximum atomic E-state index is 14.2. The molecule has 0 atom stereocenters. The molecule has 11 heteroatoms. The second-order valence-electron chi connectivity index (χ2n) is 8.93. The molecule has 1 aromatic carbocycles. The van der Waals surface area contributed by atoms with Crippen LogP contribution < -0.4 is 16.8 Å². The van der Waals surface area contributed by atoms with Crippen molar-refractivity contribution >= 4 is 34.4 Å². The van der Waals surface area contributed by atoms with Gasteiger partial charge in [0.2, 0.25) is 0 Å². The number of halogens is 1. The number of anilines is 3. The summed E-state index contributed by atoms with van der Waals surface area (Å²) in [6, 6.07) is 9.98. The van der Waals surface area contributed by atoms with Crippen molar-refractivity contribution in [2.24, 2.45) is 5.41 Å². The number of carbonyl (C=O) groups excluding carboxylic acids is 1. The number of fused-ring (bicyclic) bond motifs is 1. The fourth-order valence-electron chi connectivity index (χ4n) is 3.22. The SMILES string of the molecule is CC(C)(C)COC(=O)Nc1c(N)nc(-c2nn(Cc3ccccc3F)c3ncccc23)nc1N. The highest BCUT2D eigenvalue weighted by atomic mass is 19.1. The first kappa shape index (κ1) is 22.9. The summed E-state index contributed by atoms with van der Waals surface area (Å²) in [6.07, 6.45) is 0.902. The van der Waals surface area contributed by atoms with Crippen molar-refractivity contribution in [2.45, 2.75) is 27.3 Å². The number of ether oxygens (including phenoxy) is 1. The van der Waals surface area contributed by atoms with Crippen molar-refractivity contribution in [2.75, 3.05) is 23.4 Å². The molecule has 0 radical (unpaired) electrons. The molecule has 34 heavy (non-hydrogen) atoms. The van der Waals surface area contributed by atoms with Crippen LogP contribution in [0.2, 0.25) is 0 Å². The molecule has 0 spiro atoms. The minimum Gasteiger partial charge on any atom is -0.449 e. The summed E-state index contributed by atoms with van der Waals surface area (Å²) in [6.45, 7) is 6.17. The number of nitrogen functional groups attached to an aromatic ring is 2. The molecular formula is C23H25FN8O2. The summed E-state index contributed by atoms with van der Waals surface area (Å²) in [7, 11) is 0. The van der Waals surface area contributed by atoms with E-state index in [0.29, 0.717) is 22.3 Å². The monoisotopic (exact) mass is 464 g/mol. The Labute approximate surface area is 195 Å². The summed E-state index contributed by atoms with van der Waals surface area (Å²) in [4.78, 5) is 25.1. The van der Waals surface area contributed by atoms with E-state index in [1.165, 1.54) is 6.07 Å². The quantitative estimate of drug-likeness (QED) is 0.404. The van der Waals surface area contributed by atoms with Crippen LogP contribution in [0.25, 0.3) is 22.6 Å². The number of amides is 1. The summed E-state index contributed by atoms with van der Waals surface area (Å²) < 4.78 is 21.0. The van der Waals surface area contributed by atoms with Crippen molar-refractivity contribution in [3.05, 3.63) is 54.0 Å². The molecule has 0 bridgehead atoms. The van der Waals surface area contributed by atoms with Gasteiger partial charge in [-0.05, 0) is 23.6 Å². The summed E-state index contributed by atoms with van der Waals surface area (Å²) >= 11 is 0. The Morgan fingerprint density at radius 2 is 1.82 bits per heavy atom. The van der Waals surface area contributed by atoms with E-state index in [2.05, 4.69) is 25.4 Å². The zero-order chi connectivity index (χ0) is 24.5. The van der Waals surface area contributed by atoms with Gasteiger partial charge < -0.3 is 16.2 Å². The minimum atomic E-state index is -0.714. The van der Waals surface area contributed by atoms with Gasteiger partial charge in [0.1, 0.15) is 17.2 Å². The lowest BCUT2D eigenvalue weighted by molar-refractivity contribution is 0.118. The Hall–Kier alpha value is -4.28. The summed E-state index contributed by atoms with van der Waals surface area (Å²) in [5, 5.41) is 7.70. The van der Waals surface area contributed by atoms with Crippen LogP contribution in [-0.4, -0.2) is 37.4 Å². The Morgan fingerprint density at radius 1 is 1.12 bits per heavy atom. The van der Waals surface area contributed by atoms with Crippen molar-refractivity contribution in [3.63, 3.8) is 0 Å². The number of rotatable bonds is 5. The predicted molar refractivity (Wildman–Crippen MR) is 127 cm³/mol. The molecule has 0 aliphatic carbocycles. The maximum absolute atomic E-state index is 14.2. The van der Waals surface area contributed by atoms with Crippen LogP contribution in [0.4, 0.5) is 26.5 Å². The number of hydrogen-bond acceptors (Lipinski definition) is 8. The molecule has 0 fully saturated rings. The second-order valence-corrected chi connectivity index (χ2v) is 8.93. The van der Waals surface area contributed by atoms with E-state index < -0.39 is 6.09 Å². The highest BCUT2D eigenvalue weighted by molar-refractivity contribution is 5.94. The molecule has 10 nitrogen and oxygen atoms in total. The minimum absolute atomic E-state index is 0.0455. The third-order valence-electron chi connectivity index (χ3n) is 4.83. The molecule has 0 aliphatic heterocycles. The Morgan fingerprint density at radius 3 is 2.50 bits per heavy atom. The van der Waals surface area contributed by atoms with Crippen molar-refractivity contribution < 1.29 is 13.9 Å². The fraction of sp³-hybridized carbons (Fsp3) is 0.261. The van der Waals surface area contributed by atoms with Crippen LogP contribution in [0.1, 0.15) is 26.3 Å². The average Bonchev–Trinajstić information content (AvgIpc) is 3.14. The van der Waals surface area contributed by atoms with Gasteiger partial charge in [-0.3, -0.25) is 5.32 Å². The van der Waals surface area contributed by atoms with Crippen molar-refractivity contribution in [3.8, 4) is 11.5 Å². The molecular weight excluding hydrogens is 439 g/mol. The smallest absolute Gasteiger partial charge is 0.411 e. The van der Waals surface area contributed by atoms with Gasteiger partial charge in [0.15, 0.2) is 23.1 Å². The molecule has 1 amide bonds. The Kier molecular flexibility index (Phi) is 6.01. The van der Waals surface area contributed by atoms with Crippen molar-refractivity contribution in [1.82, 2.24) is 24.7 Å². The number of benzene rings is 1. The zero-order valence-corrected chi connectivity index (χ0v) is 19.0. The lowest BCUT2D eigenvalue weighted by Crippen LogP contribution is -2.23. The topological polar surface area (TPSA) is 147 Å². The third-order valence-corrected chi connectivity index (χ3v) is 4.83. The highest BCUT2D eigenvalue weighted by Crippen LogP contribution is 2.30. The van der Waals surface area contributed by atoms with Gasteiger partial charge in [-0.1, -0.05) is 39.0 Å². The zero-order valence-electron chi connectivity index (χ0n) is 19.0. The molecule has 4 rings (SSSR count). The number of pyridine rings is 1. The number of nitrogens with one attached hydrogen (secondary N) is 1. The lowest BCUT2D eigenvalue weighted by Gasteiger charge is -2.18. The number of aromatic nitrogens is 5. The van der Waals surface area contributed by atoms with Crippen LogP contribution in [0.3, 0.4) is 0 Å². The van der Waals surface area contributed by atoms with E-state index in [4.69, 9.17) is 16.2 Å². The molecule has 3 aromatic heterocycles. The molecule has 5 N–H and O–H groups in total. The lowest BCUT2D eigenvalue weighted by atomic mass is 9.99. The fourth-order valence-corrected chi connectivity index (χ4v) is 3.22. The number of nitrogens with zero attached hydrogens (tertiary/aromatic N) is 5. The van der Waals surface area contributed by atoms with Gasteiger partial charge in [0, 0.05) is 11.8 Å². The molecule has 0 aliphatic rings. The van der Waals surface area contributed by atoms with Gasteiger partial charge in [0.05, 0.1) is 18.5 Å². The standard InChI is InChI=1S/C23H25FN8O2/c1-23(2,3)12-34-22(33)28-17-18(25)29-20(30-19(17)26)16-14-8-6-10-27-21(14)32(31-16)11-13-7-4-5-9-15(13)24/h4-10H,11-12H2,1-3H3,(H,28,33)(H4,25,26,29,30). The van der Waals surface area contributed by atoms with E-state index in [1.54, 1.807) is 41.2 Å². The van der Waals surface area contributed by atoms with Gasteiger partial charge in [0.25, 0.3) is 0 Å². The van der Waals surface area contributed by atoms with E-state index in [0.717, 1.165) is 0 Å². The van der Waals surface area contributed by atoms with Crippen LogP contribution >= 0.6 is 0 Å². The predicted octanol–water partition coefficient (Wildman–Crippen LogP) is 3.83. The summed E-state index contributed by atoms with van der Waals surface area (Å²) in [5.41, 5.74) is 13.4. The molecule has 176 valence electrons. The van der Waals surface area contributed by atoms with Gasteiger partial charge in [-0.25, -0.2) is 28.8 Å². The van der Waals surface area contributed by atoms with Crippen molar-refractivity contribution in [1.29, 1.82) is 0 Å². The maximum Gasteiger partial charge on any atom is 0.411 e. The Bertz CT molecular complexity index is 1340. The molecule has 0 unspecified atom stereocenters. The normalized spacial score (nSPS) is 11.5. The van der Waals surface area contributed by atoms with Crippen LogP contribution in [-0.2, 0) is 11.3 Å². The second kappa shape index (κ2) is 8.93. The van der Waals surface area contributed by atoms with E-state index >= 15 is 0 Å². The van der Waals surface area contributed by atoms with Crippen LogP contribution in [0.15, 0.2) is 42.6 Å². The van der Waals surface area contributed by atoms with Gasteiger partial charge >= 0.3 is 6.09 Å². The van der Waals surface area contributed by atoms with Crippen LogP contribution in [0, 0.1) is 11.2 Å². The van der Waals surface area contributed by atoms with E-state index in [1.807, 2.05) is 20.8 Å². The van der Waals surface area contributed by atoms with Gasteiger partial charge in [-0.15, -0.1) is 0 Å². The first-order valence-corrected chi connectivity index (χ1v) is 10.5. The molecule has 3 heterocycles. The number of nitrogens with two attached hydrogens (primary N) is 2. The van der Waals surface area contributed by atoms with Crippen LogP contribution in [0.5, 0.6) is 0 Å². The number of carbonyl (C=O) groups is 1. The third kappa shape index (κ3) is 4.87. The summed E-state index contributed by atoms with van der Waals surface area (Å²) in [5.74, 6) is -0.289. The van der Waals surface area contributed by atoms with Gasteiger partial charge in [-0.2, -0.15) is 5.10 Å². The average molecular weight is 465 g/mol. The van der Waals surface area contributed by atoms with E-state index in [-0.39, 0.29) is 47.5 Å². The number of hydrogen-bond donors (Lipinski definition) is 3. The molecule has 0 saturated heterocycles.